The van der Waals surface area contributed by atoms with Gasteiger partial charge in [-0.3, -0.25) is 0 Å². The third-order valence-electron chi connectivity index (χ3n) is 5.62. The normalized spacial score (nSPS) is 11.5. The summed E-state index contributed by atoms with van der Waals surface area (Å²) in [6.45, 7) is 4.82. The van der Waals surface area contributed by atoms with Gasteiger partial charge >= 0.3 is 0 Å². The fourth-order valence-corrected chi connectivity index (χ4v) is 4.82. The van der Waals surface area contributed by atoms with E-state index >= 15 is 0 Å². The zero-order valence-electron chi connectivity index (χ0n) is 19.6. The SMILES string of the molecule is CCCOc1ccc(-c2nn(-c3ccccc3)cc2C=C(C#N)c2nc3ccccc3s2)cc1C. The predicted molar refractivity (Wildman–Crippen MR) is 143 cm³/mol. The van der Waals surface area contributed by atoms with Crippen molar-refractivity contribution in [3.63, 3.8) is 0 Å². The summed E-state index contributed by atoms with van der Waals surface area (Å²) in [7, 11) is 0. The number of benzene rings is 3. The Morgan fingerprint density at radius 2 is 1.89 bits per heavy atom. The van der Waals surface area contributed by atoms with E-state index in [9.17, 15) is 5.26 Å². The number of nitriles is 1. The molecule has 2 heterocycles. The van der Waals surface area contributed by atoms with Crippen molar-refractivity contribution in [1.29, 1.82) is 5.26 Å². The van der Waals surface area contributed by atoms with Crippen LogP contribution in [0.25, 0.3) is 38.8 Å². The maximum absolute atomic E-state index is 10.0. The van der Waals surface area contributed by atoms with Crippen LogP contribution in [0.15, 0.2) is 79.0 Å². The lowest BCUT2D eigenvalue weighted by molar-refractivity contribution is 0.315. The van der Waals surface area contributed by atoms with Crippen molar-refractivity contribution in [2.75, 3.05) is 6.61 Å². The third kappa shape index (κ3) is 4.72. The van der Waals surface area contributed by atoms with Gasteiger partial charge in [-0.1, -0.05) is 37.3 Å². The van der Waals surface area contributed by atoms with Crippen molar-refractivity contribution in [2.24, 2.45) is 0 Å². The molecule has 0 amide bonds. The number of allylic oxidation sites excluding steroid dienone is 1. The molecule has 0 aliphatic carbocycles. The zero-order valence-corrected chi connectivity index (χ0v) is 20.4. The van der Waals surface area contributed by atoms with Gasteiger partial charge in [-0.25, -0.2) is 9.67 Å². The molecule has 0 saturated carbocycles. The number of nitrogens with zero attached hydrogens (tertiary/aromatic N) is 4. The molecule has 0 fully saturated rings. The first-order valence-corrected chi connectivity index (χ1v) is 12.3. The van der Waals surface area contributed by atoms with Gasteiger partial charge < -0.3 is 4.74 Å². The van der Waals surface area contributed by atoms with Crippen LogP contribution in [0.4, 0.5) is 0 Å². The summed E-state index contributed by atoms with van der Waals surface area (Å²) in [5.74, 6) is 0.877. The van der Waals surface area contributed by atoms with E-state index in [4.69, 9.17) is 9.84 Å². The first-order chi connectivity index (χ1) is 17.2. The number of hydrogen-bond acceptors (Lipinski definition) is 5. The molecule has 0 spiro atoms. The standard InChI is InChI=1S/C29H24N4OS/c1-3-15-34-26-14-13-21(16-20(26)2)28-23(19-33(32-28)24-9-5-4-6-10-24)17-22(18-30)29-31-25-11-7-8-12-27(25)35-29/h4-14,16-17,19H,3,15H2,1-2H3. The zero-order chi connectivity index (χ0) is 24.2. The van der Waals surface area contributed by atoms with E-state index < -0.39 is 0 Å². The average Bonchev–Trinajstić information content (AvgIpc) is 3.51. The van der Waals surface area contributed by atoms with Crippen molar-refractivity contribution in [2.45, 2.75) is 20.3 Å². The summed E-state index contributed by atoms with van der Waals surface area (Å²) in [5.41, 5.74) is 6.03. The quantitative estimate of drug-likeness (QED) is 0.231. The van der Waals surface area contributed by atoms with Gasteiger partial charge in [-0.15, -0.1) is 11.3 Å². The monoisotopic (exact) mass is 476 g/mol. The molecule has 35 heavy (non-hydrogen) atoms. The van der Waals surface area contributed by atoms with E-state index in [1.54, 1.807) is 0 Å². The Morgan fingerprint density at radius 1 is 1.09 bits per heavy atom. The van der Waals surface area contributed by atoms with Gasteiger partial charge in [0.05, 0.1) is 28.1 Å². The molecule has 5 aromatic rings. The number of fused-ring (bicyclic) bond motifs is 1. The first-order valence-electron chi connectivity index (χ1n) is 11.5. The Bertz CT molecular complexity index is 1520. The minimum absolute atomic E-state index is 0.514. The van der Waals surface area contributed by atoms with Crippen LogP contribution in [0.3, 0.4) is 0 Å². The Kier molecular flexibility index (Phi) is 6.42. The molecular weight excluding hydrogens is 452 g/mol. The number of para-hydroxylation sites is 2. The Labute approximate surface area is 208 Å². The molecule has 0 aliphatic rings. The number of aryl methyl sites for hydroxylation is 1. The van der Waals surface area contributed by atoms with Crippen molar-refractivity contribution in [1.82, 2.24) is 14.8 Å². The second kappa shape index (κ2) is 9.96. The Morgan fingerprint density at radius 3 is 2.63 bits per heavy atom. The summed E-state index contributed by atoms with van der Waals surface area (Å²) < 4.78 is 8.77. The lowest BCUT2D eigenvalue weighted by atomic mass is 10.0. The van der Waals surface area contributed by atoms with E-state index in [-0.39, 0.29) is 0 Å². The maximum atomic E-state index is 10.0. The highest BCUT2D eigenvalue weighted by molar-refractivity contribution is 7.19. The van der Waals surface area contributed by atoms with Crippen LogP contribution in [0, 0.1) is 18.3 Å². The molecule has 0 saturated heterocycles. The Balaban J connectivity index is 1.62. The van der Waals surface area contributed by atoms with Crippen LogP contribution in [-0.4, -0.2) is 21.4 Å². The van der Waals surface area contributed by atoms with Gasteiger partial charge in [-0.2, -0.15) is 10.4 Å². The highest BCUT2D eigenvalue weighted by Gasteiger charge is 2.15. The molecule has 5 rings (SSSR count). The summed E-state index contributed by atoms with van der Waals surface area (Å²) >= 11 is 1.52. The van der Waals surface area contributed by atoms with Crippen molar-refractivity contribution in [3.8, 4) is 28.8 Å². The molecule has 172 valence electrons. The van der Waals surface area contributed by atoms with E-state index in [1.807, 2.05) is 90.6 Å². The molecule has 6 heteroatoms. The van der Waals surface area contributed by atoms with Gasteiger partial charge in [0, 0.05) is 17.3 Å². The predicted octanol–water partition coefficient (Wildman–Crippen LogP) is 7.31. The first kappa shape index (κ1) is 22.6. The number of hydrogen-bond donors (Lipinski definition) is 0. The highest BCUT2D eigenvalue weighted by Crippen LogP contribution is 2.33. The van der Waals surface area contributed by atoms with Crippen molar-refractivity contribution >= 4 is 33.2 Å². The molecule has 5 nitrogen and oxygen atoms in total. The molecule has 0 unspecified atom stereocenters. The van der Waals surface area contributed by atoms with E-state index in [2.05, 4.69) is 24.0 Å². The lowest BCUT2D eigenvalue weighted by Crippen LogP contribution is -1.97. The van der Waals surface area contributed by atoms with E-state index in [1.165, 1.54) is 11.3 Å². The number of ether oxygens (including phenoxy) is 1. The average molecular weight is 477 g/mol. The summed E-state index contributed by atoms with van der Waals surface area (Å²) in [6, 6.07) is 26.4. The largest absolute Gasteiger partial charge is 0.493 e. The second-order valence-electron chi connectivity index (χ2n) is 8.20. The molecular formula is C29H24N4OS. The smallest absolute Gasteiger partial charge is 0.135 e. The maximum Gasteiger partial charge on any atom is 0.135 e. The topological polar surface area (TPSA) is 63.7 Å². The highest BCUT2D eigenvalue weighted by atomic mass is 32.1. The van der Waals surface area contributed by atoms with Crippen LogP contribution in [0.5, 0.6) is 5.75 Å². The third-order valence-corrected chi connectivity index (χ3v) is 6.69. The van der Waals surface area contributed by atoms with E-state index in [0.717, 1.165) is 50.5 Å². The summed E-state index contributed by atoms with van der Waals surface area (Å²) in [4.78, 5) is 4.69. The summed E-state index contributed by atoms with van der Waals surface area (Å²) in [6.07, 6.45) is 4.81. The molecule has 0 atom stereocenters. The fraction of sp³-hybridized carbons (Fsp3) is 0.138. The summed E-state index contributed by atoms with van der Waals surface area (Å²) in [5, 5.41) is 15.6. The molecule has 2 aromatic heterocycles. The van der Waals surface area contributed by atoms with Gasteiger partial charge in [0.15, 0.2) is 0 Å². The van der Waals surface area contributed by atoms with Gasteiger partial charge in [0.1, 0.15) is 22.5 Å². The molecule has 0 aliphatic heterocycles. The van der Waals surface area contributed by atoms with Crippen molar-refractivity contribution < 1.29 is 4.74 Å². The minimum Gasteiger partial charge on any atom is -0.493 e. The van der Waals surface area contributed by atoms with Gasteiger partial charge in [-0.05, 0) is 67.4 Å². The van der Waals surface area contributed by atoms with Crippen LogP contribution >= 0.6 is 11.3 Å². The number of thiazole rings is 1. The van der Waals surface area contributed by atoms with Gasteiger partial charge in [0.25, 0.3) is 0 Å². The molecule has 0 radical (unpaired) electrons. The molecule has 0 N–H and O–H groups in total. The second-order valence-corrected chi connectivity index (χ2v) is 9.23. The van der Waals surface area contributed by atoms with Crippen LogP contribution < -0.4 is 4.74 Å². The number of aromatic nitrogens is 3. The number of rotatable bonds is 7. The van der Waals surface area contributed by atoms with E-state index in [0.29, 0.717) is 17.2 Å². The lowest BCUT2D eigenvalue weighted by Gasteiger charge is -2.09. The molecule has 3 aromatic carbocycles. The van der Waals surface area contributed by atoms with Crippen molar-refractivity contribution in [3.05, 3.63) is 95.1 Å². The Hall–Kier alpha value is -4.21. The van der Waals surface area contributed by atoms with Crippen LogP contribution in [-0.2, 0) is 0 Å². The van der Waals surface area contributed by atoms with Gasteiger partial charge in [0.2, 0.25) is 0 Å². The van der Waals surface area contributed by atoms with Crippen LogP contribution in [0.1, 0.15) is 29.5 Å². The fourth-order valence-electron chi connectivity index (χ4n) is 3.89. The minimum atomic E-state index is 0.514. The molecule has 0 bridgehead atoms. The van der Waals surface area contributed by atoms with Crippen LogP contribution in [0.2, 0.25) is 0 Å².